The molecule has 0 aromatic heterocycles. The van der Waals surface area contributed by atoms with Crippen LogP contribution in [0.1, 0.15) is 71.2 Å². The van der Waals surface area contributed by atoms with E-state index in [-0.39, 0.29) is 34.0 Å². The zero-order valence-electron chi connectivity index (χ0n) is 28.5. The molecule has 6 rings (SSSR count). The molecule has 0 saturated heterocycles. The molecule has 5 nitrogen and oxygen atoms in total. The highest BCUT2D eigenvalue weighted by Crippen LogP contribution is 2.54. The van der Waals surface area contributed by atoms with Gasteiger partial charge in [0.1, 0.15) is 17.4 Å². The summed E-state index contributed by atoms with van der Waals surface area (Å²) in [5.41, 5.74) is -8.33. The Kier molecular flexibility index (Phi) is 8.70. The van der Waals surface area contributed by atoms with Gasteiger partial charge in [-0.15, -0.1) is 0 Å². The van der Waals surface area contributed by atoms with Gasteiger partial charge in [-0.05, 0) is 118 Å². The fraction of sp³-hybridized carbons (Fsp3) is 0.316. The number of hydrogen-bond acceptors (Lipinski definition) is 5. The zero-order valence-corrected chi connectivity index (χ0v) is 28.5. The average molecular weight is 735 g/mol. The van der Waals surface area contributed by atoms with E-state index in [1.54, 1.807) is 12.1 Å². The van der Waals surface area contributed by atoms with Crippen molar-refractivity contribution in [2.45, 2.75) is 77.2 Å². The van der Waals surface area contributed by atoms with Crippen LogP contribution in [0.4, 0.5) is 50.9 Å². The quantitative estimate of drug-likeness (QED) is 0.192. The van der Waals surface area contributed by atoms with Crippen molar-refractivity contribution in [1.29, 1.82) is 0 Å². The first-order valence-corrected chi connectivity index (χ1v) is 15.9. The molecule has 2 aliphatic heterocycles. The van der Waals surface area contributed by atoms with E-state index in [0.29, 0.717) is 25.3 Å². The largest absolute Gasteiger partial charge is 0.460 e. The highest BCUT2D eigenvalue weighted by Gasteiger charge is 2.60. The average Bonchev–Trinajstić information content (AvgIpc) is 3.02. The first kappa shape index (κ1) is 36.8. The Morgan fingerprint density at radius 1 is 0.596 bits per heavy atom. The van der Waals surface area contributed by atoms with Gasteiger partial charge in [0.25, 0.3) is 0 Å². The Morgan fingerprint density at radius 3 is 1.50 bits per heavy atom. The summed E-state index contributed by atoms with van der Waals surface area (Å²) in [6, 6.07) is 16.7. The summed E-state index contributed by atoms with van der Waals surface area (Å²) in [7, 11) is 0. The van der Waals surface area contributed by atoms with Crippen LogP contribution in [0.15, 0.2) is 82.8 Å². The Labute approximate surface area is 292 Å². The summed E-state index contributed by atoms with van der Waals surface area (Å²) in [6.45, 7) is 7.01. The number of rotatable bonds is 5. The summed E-state index contributed by atoms with van der Waals surface area (Å²) < 4.78 is 150. The topological polar surface area (TPSA) is 52.4 Å². The second-order valence-electron chi connectivity index (χ2n) is 13.2. The smallest absolute Gasteiger partial charge is 0.432 e. The molecule has 0 N–H and O–H groups in total. The maximum absolute atomic E-state index is 15.1. The number of ether oxygens (including phenoxy) is 3. The molecule has 2 heterocycles. The standard InChI is InChI=1S/C38H31F9N2O3/c1-19-7-11-24(12-8-19)50-25-13-9-23(10-14-25)33-49-31-16-21(3)27(18-29(31)35(6,52-33)38(45,46)47)32(36(39,40)41)26-17-28-30(15-20(26)2)48-22(4)51-34(28,5)37(42,43)44/h7-18,32H,1-6H3. The van der Waals surface area contributed by atoms with E-state index in [4.69, 9.17) is 14.2 Å². The molecule has 4 aromatic rings. The van der Waals surface area contributed by atoms with Crippen LogP contribution >= 0.6 is 0 Å². The van der Waals surface area contributed by atoms with Gasteiger partial charge in [-0.3, -0.25) is 0 Å². The third-order valence-electron chi connectivity index (χ3n) is 9.34. The third-order valence-corrected chi connectivity index (χ3v) is 9.34. The lowest BCUT2D eigenvalue weighted by Gasteiger charge is -2.38. The number of aryl methyl sites for hydroxylation is 3. The van der Waals surface area contributed by atoms with Gasteiger partial charge >= 0.3 is 18.5 Å². The Hall–Kier alpha value is -5.01. The molecular formula is C38H31F9N2O3. The third kappa shape index (κ3) is 6.36. The lowest BCUT2D eigenvalue weighted by Crippen LogP contribution is -2.45. The molecule has 3 unspecified atom stereocenters. The van der Waals surface area contributed by atoms with Crippen LogP contribution in [0.2, 0.25) is 0 Å². The summed E-state index contributed by atoms with van der Waals surface area (Å²) in [4.78, 5) is 8.27. The van der Waals surface area contributed by atoms with E-state index in [1.807, 2.05) is 19.1 Å². The second-order valence-corrected chi connectivity index (χ2v) is 13.2. The van der Waals surface area contributed by atoms with E-state index < -0.39 is 63.8 Å². The lowest BCUT2D eigenvalue weighted by atomic mass is 9.79. The van der Waals surface area contributed by atoms with Gasteiger partial charge < -0.3 is 14.2 Å². The molecule has 0 bridgehead atoms. The summed E-state index contributed by atoms with van der Waals surface area (Å²) in [5, 5.41) is 0. The van der Waals surface area contributed by atoms with Gasteiger partial charge in [0.05, 0.1) is 11.4 Å². The minimum Gasteiger partial charge on any atom is -0.460 e. The molecule has 52 heavy (non-hydrogen) atoms. The van der Waals surface area contributed by atoms with Crippen LogP contribution in [0.25, 0.3) is 0 Å². The molecule has 4 aromatic carbocycles. The van der Waals surface area contributed by atoms with Crippen LogP contribution in [0.5, 0.6) is 11.5 Å². The maximum atomic E-state index is 15.1. The highest BCUT2D eigenvalue weighted by molar-refractivity contribution is 5.98. The predicted molar refractivity (Wildman–Crippen MR) is 176 cm³/mol. The van der Waals surface area contributed by atoms with Gasteiger partial charge in [0.2, 0.25) is 17.1 Å². The van der Waals surface area contributed by atoms with Crippen molar-refractivity contribution in [2.24, 2.45) is 9.98 Å². The van der Waals surface area contributed by atoms with Crippen molar-refractivity contribution in [1.82, 2.24) is 0 Å². The summed E-state index contributed by atoms with van der Waals surface area (Å²) >= 11 is 0. The van der Waals surface area contributed by atoms with Crippen molar-refractivity contribution in [2.75, 3.05) is 0 Å². The fourth-order valence-electron chi connectivity index (χ4n) is 6.39. The van der Waals surface area contributed by atoms with Gasteiger partial charge in [-0.2, -0.15) is 39.5 Å². The van der Waals surface area contributed by atoms with Crippen molar-refractivity contribution < 1.29 is 53.7 Å². The number of aliphatic imine (C=N–C) groups is 2. The van der Waals surface area contributed by atoms with Crippen molar-refractivity contribution >= 4 is 23.2 Å². The summed E-state index contributed by atoms with van der Waals surface area (Å²) in [5.74, 6) is -2.50. The van der Waals surface area contributed by atoms with Crippen molar-refractivity contribution in [3.05, 3.63) is 117 Å². The minimum atomic E-state index is -5.16. The first-order chi connectivity index (χ1) is 24.0. The van der Waals surface area contributed by atoms with Gasteiger partial charge in [0, 0.05) is 23.6 Å². The molecule has 0 amide bonds. The molecule has 0 aliphatic carbocycles. The maximum Gasteiger partial charge on any atom is 0.432 e. The van der Waals surface area contributed by atoms with Gasteiger partial charge in [0.15, 0.2) is 5.90 Å². The fourth-order valence-corrected chi connectivity index (χ4v) is 6.39. The SMILES string of the molecule is CC1=Nc2cc(C)c(C(c3cc4c(cc3C)N=C(c3ccc(Oc5ccc(C)cc5)cc3)OC4(C)C(F)(F)F)C(F)(F)F)cc2C(C)(C(F)(F)F)O1. The Balaban J connectivity index is 1.47. The van der Waals surface area contributed by atoms with Gasteiger partial charge in [-0.25, -0.2) is 9.98 Å². The van der Waals surface area contributed by atoms with E-state index in [1.165, 1.54) is 45.0 Å². The zero-order chi connectivity index (χ0) is 38.2. The monoisotopic (exact) mass is 734 g/mol. The van der Waals surface area contributed by atoms with Crippen LogP contribution in [-0.4, -0.2) is 30.3 Å². The van der Waals surface area contributed by atoms with E-state index in [9.17, 15) is 26.3 Å². The van der Waals surface area contributed by atoms with Crippen molar-refractivity contribution in [3.8, 4) is 11.5 Å². The number of benzene rings is 4. The molecule has 0 saturated carbocycles. The number of fused-ring (bicyclic) bond motifs is 2. The van der Waals surface area contributed by atoms with E-state index >= 15 is 13.2 Å². The van der Waals surface area contributed by atoms with Crippen LogP contribution in [0.3, 0.4) is 0 Å². The van der Waals surface area contributed by atoms with E-state index in [2.05, 4.69) is 9.98 Å². The normalized spacial score (nSPS) is 20.8. The number of halogens is 9. The van der Waals surface area contributed by atoms with Gasteiger partial charge in [-0.1, -0.05) is 17.7 Å². The first-order valence-electron chi connectivity index (χ1n) is 15.9. The molecule has 0 spiro atoms. The number of nitrogens with zero attached hydrogens (tertiary/aromatic N) is 2. The lowest BCUT2D eigenvalue weighted by molar-refractivity contribution is -0.253. The number of hydrogen-bond donors (Lipinski definition) is 0. The van der Waals surface area contributed by atoms with E-state index in [0.717, 1.165) is 29.8 Å². The summed E-state index contributed by atoms with van der Waals surface area (Å²) in [6.07, 6.45) is -15.4. The Bertz CT molecular complexity index is 2100. The molecule has 3 atom stereocenters. The Morgan fingerprint density at radius 2 is 1.04 bits per heavy atom. The van der Waals surface area contributed by atoms with Crippen LogP contribution < -0.4 is 4.74 Å². The van der Waals surface area contributed by atoms with Crippen LogP contribution in [0, 0.1) is 20.8 Å². The highest BCUT2D eigenvalue weighted by atomic mass is 19.4. The minimum absolute atomic E-state index is 0.0777. The second kappa shape index (κ2) is 12.3. The molecule has 2 aliphatic rings. The number of alkyl halides is 9. The molecule has 0 radical (unpaired) electrons. The molecular weight excluding hydrogens is 703 g/mol. The van der Waals surface area contributed by atoms with Crippen LogP contribution in [-0.2, 0) is 20.7 Å². The van der Waals surface area contributed by atoms with Crippen molar-refractivity contribution in [3.63, 3.8) is 0 Å². The predicted octanol–water partition coefficient (Wildman–Crippen LogP) is 11.8. The molecule has 274 valence electrons. The molecule has 0 fully saturated rings. The molecule has 14 heteroatoms.